The molecule has 5 rings (SSSR count). The minimum atomic E-state index is 0.0240. The van der Waals surface area contributed by atoms with E-state index in [9.17, 15) is 0 Å². The first kappa shape index (κ1) is 14.3. The van der Waals surface area contributed by atoms with Crippen molar-refractivity contribution in [2.24, 2.45) is 0 Å². The standard InChI is InChI=1S/C20H15BrO3/c21-18-19(14-6-5-12-3-1-2-4-13(12)9-14)24-20(18)15-7-8-16-17(10-15)23-11-22-16/h1-10,18-20H,11H2/t18-,19-,20+/m0/s1. The molecule has 0 aromatic heterocycles. The van der Waals surface area contributed by atoms with Crippen molar-refractivity contribution in [3.05, 3.63) is 71.8 Å². The molecule has 2 aliphatic rings. The molecule has 120 valence electrons. The van der Waals surface area contributed by atoms with Gasteiger partial charge in [0.2, 0.25) is 6.79 Å². The Kier molecular flexibility index (Phi) is 3.28. The van der Waals surface area contributed by atoms with E-state index in [2.05, 4.69) is 58.4 Å². The lowest BCUT2D eigenvalue weighted by atomic mass is 9.91. The Labute approximate surface area is 148 Å². The predicted octanol–water partition coefficient (Wildman–Crippen LogP) is 5.14. The number of hydrogen-bond acceptors (Lipinski definition) is 3. The third-order valence-corrected chi connectivity index (χ3v) is 5.66. The number of benzene rings is 3. The minimum Gasteiger partial charge on any atom is -0.454 e. The van der Waals surface area contributed by atoms with Crippen LogP contribution in [0.5, 0.6) is 11.5 Å². The zero-order valence-corrected chi connectivity index (χ0v) is 14.4. The topological polar surface area (TPSA) is 27.7 Å². The minimum absolute atomic E-state index is 0.0240. The lowest BCUT2D eigenvalue weighted by molar-refractivity contribution is -0.118. The normalized spacial score (nSPS) is 24.8. The number of hydrogen-bond donors (Lipinski definition) is 0. The lowest BCUT2D eigenvalue weighted by Crippen LogP contribution is -2.36. The van der Waals surface area contributed by atoms with Gasteiger partial charge in [-0.15, -0.1) is 0 Å². The second kappa shape index (κ2) is 5.50. The molecule has 0 spiro atoms. The molecule has 0 N–H and O–H groups in total. The molecule has 2 heterocycles. The maximum absolute atomic E-state index is 6.19. The van der Waals surface area contributed by atoms with Crippen molar-refractivity contribution in [2.45, 2.75) is 17.0 Å². The van der Waals surface area contributed by atoms with Gasteiger partial charge in [-0.1, -0.05) is 58.4 Å². The Hall–Kier alpha value is -2.04. The van der Waals surface area contributed by atoms with Crippen LogP contribution >= 0.6 is 15.9 Å². The van der Waals surface area contributed by atoms with Crippen molar-refractivity contribution < 1.29 is 14.2 Å². The van der Waals surface area contributed by atoms with Gasteiger partial charge in [0.05, 0.1) is 17.0 Å². The number of fused-ring (bicyclic) bond motifs is 2. The Balaban J connectivity index is 1.40. The second-order valence-electron chi connectivity index (χ2n) is 6.14. The highest BCUT2D eigenvalue weighted by Crippen LogP contribution is 2.50. The number of alkyl halides is 1. The van der Waals surface area contributed by atoms with Crippen LogP contribution in [0.15, 0.2) is 60.7 Å². The molecule has 3 atom stereocenters. The monoisotopic (exact) mass is 382 g/mol. The number of ether oxygens (including phenoxy) is 3. The van der Waals surface area contributed by atoms with Gasteiger partial charge in [0.15, 0.2) is 11.5 Å². The maximum atomic E-state index is 6.19. The van der Waals surface area contributed by atoms with Crippen molar-refractivity contribution in [3.8, 4) is 11.5 Å². The SMILES string of the molecule is Br[C@@H]1[C@@H](c2ccc3c(c2)OCO3)O[C@H]1c1ccc2ccccc2c1. The van der Waals surface area contributed by atoms with Crippen LogP contribution in [-0.2, 0) is 4.74 Å². The van der Waals surface area contributed by atoms with Gasteiger partial charge in [-0.25, -0.2) is 0 Å². The predicted molar refractivity (Wildman–Crippen MR) is 95.8 cm³/mol. The first-order valence-corrected chi connectivity index (χ1v) is 8.89. The summed E-state index contributed by atoms with van der Waals surface area (Å²) in [6.45, 7) is 0.293. The summed E-state index contributed by atoms with van der Waals surface area (Å²) >= 11 is 3.81. The molecule has 0 aliphatic carbocycles. The molecule has 0 radical (unpaired) electrons. The van der Waals surface area contributed by atoms with Crippen LogP contribution in [0.4, 0.5) is 0 Å². The molecule has 1 saturated heterocycles. The summed E-state index contributed by atoms with van der Waals surface area (Å²) in [6.07, 6.45) is 0.0843. The molecule has 0 bridgehead atoms. The van der Waals surface area contributed by atoms with Gasteiger partial charge in [0.25, 0.3) is 0 Å². The van der Waals surface area contributed by atoms with Crippen LogP contribution in [0.2, 0.25) is 0 Å². The number of rotatable bonds is 2. The lowest BCUT2D eigenvalue weighted by Gasteiger charge is -2.42. The summed E-state index contributed by atoms with van der Waals surface area (Å²) in [4.78, 5) is 0.235. The number of halogens is 1. The van der Waals surface area contributed by atoms with E-state index < -0.39 is 0 Å². The average molecular weight is 383 g/mol. The Bertz CT molecular complexity index is 924. The molecule has 3 nitrogen and oxygen atoms in total. The third kappa shape index (κ3) is 2.21. The Morgan fingerprint density at radius 3 is 2.29 bits per heavy atom. The molecule has 0 amide bonds. The highest BCUT2D eigenvalue weighted by atomic mass is 79.9. The van der Waals surface area contributed by atoms with Gasteiger partial charge < -0.3 is 14.2 Å². The Morgan fingerprint density at radius 1 is 0.750 bits per heavy atom. The molecule has 1 fully saturated rings. The summed E-state index contributed by atoms with van der Waals surface area (Å²) in [5.74, 6) is 1.60. The molecule has 24 heavy (non-hydrogen) atoms. The molecular formula is C20H15BrO3. The molecule has 4 heteroatoms. The van der Waals surface area contributed by atoms with Gasteiger partial charge in [-0.2, -0.15) is 0 Å². The van der Waals surface area contributed by atoms with Crippen molar-refractivity contribution >= 4 is 26.7 Å². The highest BCUT2D eigenvalue weighted by molar-refractivity contribution is 9.09. The van der Waals surface area contributed by atoms with Crippen LogP contribution in [0.25, 0.3) is 10.8 Å². The van der Waals surface area contributed by atoms with E-state index in [-0.39, 0.29) is 17.0 Å². The van der Waals surface area contributed by atoms with Crippen LogP contribution in [0.3, 0.4) is 0 Å². The van der Waals surface area contributed by atoms with Crippen molar-refractivity contribution in [2.75, 3.05) is 6.79 Å². The zero-order valence-electron chi connectivity index (χ0n) is 12.8. The van der Waals surface area contributed by atoms with E-state index in [0.717, 1.165) is 17.1 Å². The highest BCUT2D eigenvalue weighted by Gasteiger charge is 2.42. The fraction of sp³-hybridized carbons (Fsp3) is 0.200. The van der Waals surface area contributed by atoms with Gasteiger partial charge in [-0.3, -0.25) is 0 Å². The average Bonchev–Trinajstić information content (AvgIpc) is 3.08. The van der Waals surface area contributed by atoms with Crippen LogP contribution in [-0.4, -0.2) is 11.6 Å². The summed E-state index contributed by atoms with van der Waals surface area (Å²) in [6, 6.07) is 20.9. The Morgan fingerprint density at radius 2 is 1.46 bits per heavy atom. The summed E-state index contributed by atoms with van der Waals surface area (Å²) in [5, 5.41) is 2.49. The smallest absolute Gasteiger partial charge is 0.231 e. The fourth-order valence-corrected chi connectivity index (χ4v) is 4.24. The van der Waals surface area contributed by atoms with Gasteiger partial charge in [0.1, 0.15) is 0 Å². The van der Waals surface area contributed by atoms with Gasteiger partial charge in [-0.05, 0) is 40.1 Å². The molecule has 2 aliphatic heterocycles. The summed E-state index contributed by atoms with van der Waals surface area (Å²) < 4.78 is 17.0. The third-order valence-electron chi connectivity index (χ3n) is 4.70. The zero-order chi connectivity index (χ0) is 16.1. The molecule has 0 unspecified atom stereocenters. The van der Waals surface area contributed by atoms with E-state index >= 15 is 0 Å². The van der Waals surface area contributed by atoms with Crippen molar-refractivity contribution in [3.63, 3.8) is 0 Å². The first-order chi connectivity index (χ1) is 11.8. The van der Waals surface area contributed by atoms with E-state index in [4.69, 9.17) is 14.2 Å². The van der Waals surface area contributed by atoms with Crippen LogP contribution in [0, 0.1) is 0 Å². The largest absolute Gasteiger partial charge is 0.454 e. The summed E-state index contributed by atoms with van der Waals surface area (Å²) in [7, 11) is 0. The van der Waals surface area contributed by atoms with E-state index in [1.165, 1.54) is 16.3 Å². The fourth-order valence-electron chi connectivity index (χ4n) is 3.38. The molecule has 3 aromatic carbocycles. The van der Waals surface area contributed by atoms with Crippen LogP contribution < -0.4 is 9.47 Å². The van der Waals surface area contributed by atoms with Crippen molar-refractivity contribution in [1.29, 1.82) is 0 Å². The first-order valence-electron chi connectivity index (χ1n) is 7.97. The summed E-state index contributed by atoms with van der Waals surface area (Å²) in [5.41, 5.74) is 2.31. The van der Waals surface area contributed by atoms with E-state index in [0.29, 0.717) is 6.79 Å². The van der Waals surface area contributed by atoms with E-state index in [1.54, 1.807) is 0 Å². The van der Waals surface area contributed by atoms with Gasteiger partial charge in [0, 0.05) is 0 Å². The molecular weight excluding hydrogens is 368 g/mol. The second-order valence-corrected chi connectivity index (χ2v) is 7.20. The van der Waals surface area contributed by atoms with E-state index in [1.807, 2.05) is 18.2 Å². The quantitative estimate of drug-likeness (QED) is 0.574. The van der Waals surface area contributed by atoms with Crippen molar-refractivity contribution in [1.82, 2.24) is 0 Å². The molecule has 3 aromatic rings. The molecule has 0 saturated carbocycles. The van der Waals surface area contributed by atoms with Crippen LogP contribution in [0.1, 0.15) is 23.3 Å². The maximum Gasteiger partial charge on any atom is 0.231 e. The van der Waals surface area contributed by atoms with Gasteiger partial charge >= 0.3 is 0 Å².